The number of anilines is 1. The quantitative estimate of drug-likeness (QED) is 0.599. The minimum absolute atomic E-state index is 0.0179. The Balaban J connectivity index is 2.46. The van der Waals surface area contributed by atoms with Crippen molar-refractivity contribution in [3.05, 3.63) is 29.8 Å². The lowest BCUT2D eigenvalue weighted by molar-refractivity contribution is -0.139. The van der Waals surface area contributed by atoms with Gasteiger partial charge in [0.25, 0.3) is 0 Å². The molecule has 0 heterocycles. The number of para-hydroxylation sites is 1. The molecule has 1 aromatic carbocycles. The van der Waals surface area contributed by atoms with Gasteiger partial charge in [0.05, 0.1) is 17.0 Å². The number of nitrogens with zero attached hydrogens (tertiary/aromatic N) is 1. The van der Waals surface area contributed by atoms with Gasteiger partial charge >= 0.3 is 5.97 Å². The average Bonchev–Trinajstić information content (AvgIpc) is 2.46. The van der Waals surface area contributed by atoms with Crippen molar-refractivity contribution in [2.75, 3.05) is 16.8 Å². The molecule has 1 aromatic rings. The van der Waals surface area contributed by atoms with E-state index in [1.54, 1.807) is 24.3 Å². The van der Waals surface area contributed by atoms with Gasteiger partial charge in [0, 0.05) is 5.75 Å². The molecule has 0 fully saturated rings. The van der Waals surface area contributed by atoms with Gasteiger partial charge in [-0.3, -0.25) is 9.59 Å². The molecular weight excluding hydrogens is 294 g/mol. The number of hydrogen-bond donors (Lipinski definition) is 3. The maximum Gasteiger partial charge on any atom is 0.327 e. The molecule has 1 atom stereocenters. The van der Waals surface area contributed by atoms with Crippen molar-refractivity contribution in [2.24, 2.45) is 0 Å². The van der Waals surface area contributed by atoms with Crippen LogP contribution in [0.3, 0.4) is 0 Å². The van der Waals surface area contributed by atoms with Crippen LogP contribution in [-0.4, -0.2) is 40.9 Å². The second-order valence-corrected chi connectivity index (χ2v) is 4.93. The molecule has 110 valence electrons. The van der Waals surface area contributed by atoms with Crippen LogP contribution in [0.15, 0.2) is 24.3 Å². The Morgan fingerprint density at radius 3 is 2.76 bits per heavy atom. The van der Waals surface area contributed by atoms with Gasteiger partial charge < -0.3 is 15.7 Å². The van der Waals surface area contributed by atoms with Gasteiger partial charge in [-0.2, -0.15) is 5.26 Å². The summed E-state index contributed by atoms with van der Waals surface area (Å²) in [5.74, 6) is -1.42. The van der Waals surface area contributed by atoms with Gasteiger partial charge in [-0.25, -0.2) is 4.79 Å². The Kier molecular flexibility index (Phi) is 6.77. The fourth-order valence-electron chi connectivity index (χ4n) is 1.42. The second-order valence-electron chi connectivity index (χ2n) is 3.90. The summed E-state index contributed by atoms with van der Waals surface area (Å²) in [6.07, 6.45) is 0.308. The Morgan fingerprint density at radius 2 is 2.14 bits per heavy atom. The first-order valence-corrected chi connectivity index (χ1v) is 7.03. The lowest BCUT2D eigenvalue weighted by atomic mass is 10.2. The second kappa shape index (κ2) is 8.60. The van der Waals surface area contributed by atoms with Crippen LogP contribution in [0.1, 0.15) is 5.56 Å². The molecular formula is C13H13N3O4S. The Hall–Kier alpha value is -2.53. The Labute approximate surface area is 125 Å². The normalized spacial score (nSPS) is 11.0. The third-order valence-electron chi connectivity index (χ3n) is 2.41. The Bertz CT molecular complexity index is 571. The zero-order valence-corrected chi connectivity index (χ0v) is 11.7. The molecule has 2 amide bonds. The van der Waals surface area contributed by atoms with Crippen LogP contribution >= 0.6 is 11.8 Å². The first kappa shape index (κ1) is 16.5. The predicted molar refractivity (Wildman–Crippen MR) is 77.7 cm³/mol. The summed E-state index contributed by atoms with van der Waals surface area (Å²) in [7, 11) is 0. The molecule has 1 unspecified atom stereocenters. The SMILES string of the molecule is N#Cc1ccccc1NC(=O)CSCC(NC=O)C(=O)O. The maximum absolute atomic E-state index is 11.7. The molecule has 0 bridgehead atoms. The minimum Gasteiger partial charge on any atom is -0.480 e. The number of carbonyl (C=O) groups is 3. The number of amides is 2. The van der Waals surface area contributed by atoms with Gasteiger partial charge in [-0.05, 0) is 12.1 Å². The highest BCUT2D eigenvalue weighted by Crippen LogP contribution is 2.14. The van der Waals surface area contributed by atoms with Crippen LogP contribution in [0.25, 0.3) is 0 Å². The molecule has 8 heteroatoms. The van der Waals surface area contributed by atoms with Crippen LogP contribution in [0.2, 0.25) is 0 Å². The number of benzene rings is 1. The lowest BCUT2D eigenvalue weighted by Crippen LogP contribution is -2.38. The fourth-order valence-corrected chi connectivity index (χ4v) is 2.27. The van der Waals surface area contributed by atoms with E-state index in [0.717, 1.165) is 11.8 Å². The first-order valence-electron chi connectivity index (χ1n) is 5.87. The molecule has 0 aliphatic rings. The van der Waals surface area contributed by atoms with Crippen molar-refractivity contribution in [1.29, 1.82) is 5.26 Å². The van der Waals surface area contributed by atoms with Gasteiger partial charge in [-0.15, -0.1) is 11.8 Å². The van der Waals surface area contributed by atoms with E-state index in [0.29, 0.717) is 17.7 Å². The van der Waals surface area contributed by atoms with E-state index in [1.807, 2.05) is 6.07 Å². The third-order valence-corrected chi connectivity index (χ3v) is 3.44. The number of carbonyl (C=O) groups excluding carboxylic acids is 2. The zero-order valence-electron chi connectivity index (χ0n) is 10.9. The Morgan fingerprint density at radius 1 is 1.43 bits per heavy atom. The molecule has 21 heavy (non-hydrogen) atoms. The lowest BCUT2D eigenvalue weighted by Gasteiger charge is -2.10. The number of thioether (sulfide) groups is 1. The van der Waals surface area contributed by atoms with E-state index < -0.39 is 12.0 Å². The van der Waals surface area contributed by atoms with E-state index in [2.05, 4.69) is 10.6 Å². The molecule has 7 nitrogen and oxygen atoms in total. The summed E-state index contributed by atoms with van der Waals surface area (Å²) in [6, 6.07) is 7.49. The molecule has 0 aromatic heterocycles. The minimum atomic E-state index is -1.16. The van der Waals surface area contributed by atoms with E-state index in [-0.39, 0.29) is 17.4 Å². The zero-order chi connectivity index (χ0) is 15.7. The van der Waals surface area contributed by atoms with E-state index in [9.17, 15) is 14.4 Å². The highest BCUT2D eigenvalue weighted by Gasteiger charge is 2.16. The first-order chi connectivity index (χ1) is 10.1. The van der Waals surface area contributed by atoms with Gasteiger partial charge in [0.2, 0.25) is 12.3 Å². The predicted octanol–water partition coefficient (Wildman–Crippen LogP) is 0.429. The van der Waals surface area contributed by atoms with Gasteiger partial charge in [-0.1, -0.05) is 12.1 Å². The van der Waals surface area contributed by atoms with Crippen molar-refractivity contribution >= 4 is 35.7 Å². The smallest absolute Gasteiger partial charge is 0.327 e. The number of carboxylic acid groups (broad SMARTS) is 1. The number of nitrogens with one attached hydrogen (secondary N) is 2. The van der Waals surface area contributed by atoms with Crippen molar-refractivity contribution < 1.29 is 19.5 Å². The highest BCUT2D eigenvalue weighted by molar-refractivity contribution is 8.00. The van der Waals surface area contributed by atoms with Crippen LogP contribution in [0, 0.1) is 11.3 Å². The highest BCUT2D eigenvalue weighted by atomic mass is 32.2. The average molecular weight is 307 g/mol. The molecule has 0 saturated carbocycles. The van der Waals surface area contributed by atoms with Crippen molar-refractivity contribution in [2.45, 2.75) is 6.04 Å². The molecule has 0 saturated heterocycles. The van der Waals surface area contributed by atoms with Gasteiger partial charge in [0.15, 0.2) is 0 Å². The van der Waals surface area contributed by atoms with Gasteiger partial charge in [0.1, 0.15) is 12.1 Å². The van der Waals surface area contributed by atoms with E-state index in [4.69, 9.17) is 10.4 Å². The van der Waals surface area contributed by atoms with Crippen molar-refractivity contribution in [3.63, 3.8) is 0 Å². The molecule has 0 aliphatic carbocycles. The largest absolute Gasteiger partial charge is 0.480 e. The summed E-state index contributed by atoms with van der Waals surface area (Å²) in [5.41, 5.74) is 0.758. The topological polar surface area (TPSA) is 119 Å². The van der Waals surface area contributed by atoms with Crippen LogP contribution in [0.5, 0.6) is 0 Å². The molecule has 0 spiro atoms. The number of rotatable bonds is 8. The number of hydrogen-bond acceptors (Lipinski definition) is 5. The van der Waals surface area contributed by atoms with Crippen LogP contribution in [-0.2, 0) is 14.4 Å². The summed E-state index contributed by atoms with van der Waals surface area (Å²) in [4.78, 5) is 32.7. The molecule has 0 aliphatic heterocycles. The van der Waals surface area contributed by atoms with Crippen molar-refractivity contribution in [3.8, 4) is 6.07 Å². The van der Waals surface area contributed by atoms with Crippen molar-refractivity contribution in [1.82, 2.24) is 5.32 Å². The number of carboxylic acids is 1. The molecule has 3 N–H and O–H groups in total. The van der Waals surface area contributed by atoms with E-state index >= 15 is 0 Å². The molecule has 1 rings (SSSR count). The standard InChI is InChI=1S/C13H13N3O4S/c14-5-9-3-1-2-4-10(9)16-12(18)7-21-6-11(13(19)20)15-8-17/h1-4,8,11H,6-7H2,(H,15,17)(H,16,18)(H,19,20). The van der Waals surface area contributed by atoms with E-state index in [1.165, 1.54) is 0 Å². The summed E-state index contributed by atoms with van der Waals surface area (Å²) >= 11 is 1.07. The monoisotopic (exact) mass is 307 g/mol. The fraction of sp³-hybridized carbons (Fsp3) is 0.231. The number of aliphatic carboxylic acids is 1. The summed E-state index contributed by atoms with van der Waals surface area (Å²) < 4.78 is 0. The summed E-state index contributed by atoms with van der Waals surface area (Å²) in [5, 5.41) is 22.4. The number of nitriles is 1. The summed E-state index contributed by atoms with van der Waals surface area (Å²) in [6.45, 7) is 0. The maximum atomic E-state index is 11.7. The third kappa shape index (κ3) is 5.54. The van der Waals surface area contributed by atoms with Crippen LogP contribution < -0.4 is 10.6 Å². The van der Waals surface area contributed by atoms with Crippen LogP contribution in [0.4, 0.5) is 5.69 Å². The molecule has 0 radical (unpaired) electrons.